The minimum Gasteiger partial charge on any atom is -0.476 e. The quantitative estimate of drug-likeness (QED) is 0.755. The fourth-order valence-electron chi connectivity index (χ4n) is 2.09. The Balaban J connectivity index is 1.55. The molecular weight excluding hydrogens is 311 g/mol. The van der Waals surface area contributed by atoms with E-state index in [1.165, 1.54) is 0 Å². The molecule has 3 aromatic rings. The van der Waals surface area contributed by atoms with Gasteiger partial charge in [0.05, 0.1) is 12.8 Å². The van der Waals surface area contributed by atoms with Gasteiger partial charge in [0.25, 0.3) is 0 Å². The molecule has 0 aliphatic rings. The molecule has 0 atom stereocenters. The van der Waals surface area contributed by atoms with Crippen LogP contribution in [0.4, 0.5) is 4.39 Å². The van der Waals surface area contributed by atoms with Gasteiger partial charge in [-0.2, -0.15) is 9.37 Å². The van der Waals surface area contributed by atoms with E-state index in [9.17, 15) is 9.18 Å². The Bertz CT molecular complexity index is 848. The molecule has 0 aliphatic heterocycles. The Hall–Kier alpha value is -3.15. The monoisotopic (exact) mass is 326 g/mol. The first-order valence-electron chi connectivity index (χ1n) is 7.40. The van der Waals surface area contributed by atoms with Crippen molar-refractivity contribution >= 4 is 0 Å². The third-order valence-electron chi connectivity index (χ3n) is 3.27. The van der Waals surface area contributed by atoms with Crippen LogP contribution in [-0.4, -0.2) is 16.6 Å². The molecule has 0 unspecified atom stereocenters. The molecule has 0 radical (unpaired) electrons. The third kappa shape index (κ3) is 4.19. The molecule has 122 valence electrons. The lowest BCUT2D eigenvalue weighted by Gasteiger charge is -2.08. The van der Waals surface area contributed by atoms with Crippen LogP contribution in [0.3, 0.4) is 0 Å². The van der Waals surface area contributed by atoms with Crippen molar-refractivity contribution in [2.24, 2.45) is 0 Å². The summed E-state index contributed by atoms with van der Waals surface area (Å²) in [5.74, 6) is 0.612. The number of rotatable bonds is 6. The summed E-state index contributed by atoms with van der Waals surface area (Å²) in [5.41, 5.74) is 0.362. The van der Waals surface area contributed by atoms with Crippen LogP contribution in [0, 0.1) is 5.82 Å². The van der Waals surface area contributed by atoms with Crippen molar-refractivity contribution in [2.45, 2.75) is 6.42 Å². The van der Waals surface area contributed by atoms with Crippen molar-refractivity contribution < 1.29 is 13.9 Å². The molecule has 1 aromatic heterocycles. The molecule has 24 heavy (non-hydrogen) atoms. The number of hydrogen-bond donors (Lipinski definition) is 1. The van der Waals surface area contributed by atoms with Gasteiger partial charge in [-0.25, -0.2) is 4.79 Å². The van der Waals surface area contributed by atoms with Gasteiger partial charge in [0.1, 0.15) is 11.5 Å². The molecule has 3 rings (SSSR count). The van der Waals surface area contributed by atoms with Crippen LogP contribution in [0.25, 0.3) is 0 Å². The van der Waals surface area contributed by atoms with Gasteiger partial charge in [-0.3, -0.25) is 4.98 Å². The van der Waals surface area contributed by atoms with Gasteiger partial charge in [0.15, 0.2) is 0 Å². The normalized spacial score (nSPS) is 10.4. The number of para-hydroxylation sites is 1. The number of benzene rings is 2. The van der Waals surface area contributed by atoms with Crippen LogP contribution in [0.2, 0.25) is 0 Å². The number of nitrogens with zero attached hydrogens (tertiary/aromatic N) is 1. The lowest BCUT2D eigenvalue weighted by molar-refractivity contribution is 0.289. The first-order chi connectivity index (χ1) is 11.7. The molecule has 0 fully saturated rings. The number of aromatic nitrogens is 2. The summed E-state index contributed by atoms with van der Waals surface area (Å²) >= 11 is 0. The Morgan fingerprint density at radius 2 is 1.71 bits per heavy atom. The van der Waals surface area contributed by atoms with Crippen molar-refractivity contribution in [3.8, 4) is 17.4 Å². The second kappa shape index (κ2) is 7.41. The lowest BCUT2D eigenvalue weighted by atomic mass is 10.1. The van der Waals surface area contributed by atoms with E-state index >= 15 is 0 Å². The molecule has 1 heterocycles. The molecule has 1 N–H and O–H groups in total. The van der Waals surface area contributed by atoms with E-state index in [0.717, 1.165) is 23.3 Å². The molecule has 6 heteroatoms. The van der Waals surface area contributed by atoms with Crippen LogP contribution in [0.15, 0.2) is 65.6 Å². The van der Waals surface area contributed by atoms with E-state index in [4.69, 9.17) is 9.47 Å². The van der Waals surface area contributed by atoms with Gasteiger partial charge in [-0.1, -0.05) is 30.3 Å². The SMILES string of the molecule is O=c1ncc(F)c(OCCc2ccc(Oc3ccccc3)cc2)[nH]1. The second-order valence-corrected chi connectivity index (χ2v) is 5.02. The Labute approximate surface area is 137 Å². The molecular formula is C18H15FN2O3. The van der Waals surface area contributed by atoms with Crippen molar-refractivity contribution in [3.63, 3.8) is 0 Å². The van der Waals surface area contributed by atoms with E-state index in [-0.39, 0.29) is 12.5 Å². The average molecular weight is 326 g/mol. The maximum absolute atomic E-state index is 13.4. The molecule has 0 amide bonds. The van der Waals surface area contributed by atoms with Gasteiger partial charge in [0.2, 0.25) is 11.7 Å². The predicted molar refractivity (Wildman–Crippen MR) is 87.0 cm³/mol. The lowest BCUT2D eigenvalue weighted by Crippen LogP contribution is -2.14. The van der Waals surface area contributed by atoms with Crippen LogP contribution in [0.1, 0.15) is 5.56 Å². The van der Waals surface area contributed by atoms with Crippen molar-refractivity contribution in [3.05, 3.63) is 82.7 Å². The summed E-state index contributed by atoms with van der Waals surface area (Å²) in [4.78, 5) is 16.5. The minimum atomic E-state index is -0.693. The van der Waals surface area contributed by atoms with Gasteiger partial charge in [-0.15, -0.1) is 0 Å². The molecule has 0 spiro atoms. The van der Waals surface area contributed by atoms with E-state index < -0.39 is 11.5 Å². The molecule has 0 saturated heterocycles. The average Bonchev–Trinajstić information content (AvgIpc) is 2.60. The largest absolute Gasteiger partial charge is 0.476 e. The molecule has 0 bridgehead atoms. The second-order valence-electron chi connectivity index (χ2n) is 5.02. The van der Waals surface area contributed by atoms with E-state index in [1.54, 1.807) is 0 Å². The molecule has 2 aromatic carbocycles. The Morgan fingerprint density at radius 3 is 2.46 bits per heavy atom. The number of ether oxygens (including phenoxy) is 2. The van der Waals surface area contributed by atoms with Gasteiger partial charge in [-0.05, 0) is 29.8 Å². The Kier molecular flexibility index (Phi) is 4.86. The summed E-state index contributed by atoms with van der Waals surface area (Å²) < 4.78 is 24.3. The van der Waals surface area contributed by atoms with Gasteiger partial charge in [0, 0.05) is 6.42 Å². The van der Waals surface area contributed by atoms with E-state index in [0.29, 0.717) is 6.42 Å². The molecule has 0 saturated carbocycles. The fraction of sp³-hybridized carbons (Fsp3) is 0.111. The fourth-order valence-corrected chi connectivity index (χ4v) is 2.09. The maximum atomic E-state index is 13.4. The van der Waals surface area contributed by atoms with Crippen LogP contribution in [0.5, 0.6) is 17.4 Å². The third-order valence-corrected chi connectivity index (χ3v) is 3.27. The zero-order chi connectivity index (χ0) is 16.8. The van der Waals surface area contributed by atoms with Gasteiger partial charge >= 0.3 is 5.69 Å². The van der Waals surface area contributed by atoms with E-state index in [2.05, 4.69) is 9.97 Å². The standard InChI is InChI=1S/C18H15FN2O3/c19-16-12-20-18(22)21-17(16)23-11-10-13-6-8-15(9-7-13)24-14-4-2-1-3-5-14/h1-9,12H,10-11H2,(H,20,21,22). The zero-order valence-corrected chi connectivity index (χ0v) is 12.7. The highest BCUT2D eigenvalue weighted by Crippen LogP contribution is 2.21. The first-order valence-corrected chi connectivity index (χ1v) is 7.40. The van der Waals surface area contributed by atoms with Crippen LogP contribution < -0.4 is 15.2 Å². The summed E-state index contributed by atoms with van der Waals surface area (Å²) in [6, 6.07) is 17.0. The summed E-state index contributed by atoms with van der Waals surface area (Å²) in [5, 5.41) is 0. The van der Waals surface area contributed by atoms with Crippen molar-refractivity contribution in [2.75, 3.05) is 6.61 Å². The number of nitrogens with one attached hydrogen (secondary N) is 1. The highest BCUT2D eigenvalue weighted by atomic mass is 19.1. The number of H-pyrrole nitrogens is 1. The highest BCUT2D eigenvalue weighted by Gasteiger charge is 2.05. The van der Waals surface area contributed by atoms with Crippen LogP contribution >= 0.6 is 0 Å². The van der Waals surface area contributed by atoms with E-state index in [1.807, 2.05) is 54.6 Å². The smallest absolute Gasteiger partial charge is 0.347 e. The number of halogens is 1. The summed E-state index contributed by atoms with van der Waals surface area (Å²) in [6.07, 6.45) is 1.40. The Morgan fingerprint density at radius 1 is 1.00 bits per heavy atom. The van der Waals surface area contributed by atoms with Crippen LogP contribution in [-0.2, 0) is 6.42 Å². The van der Waals surface area contributed by atoms with Crippen molar-refractivity contribution in [1.82, 2.24) is 9.97 Å². The molecule has 5 nitrogen and oxygen atoms in total. The number of hydrogen-bond acceptors (Lipinski definition) is 4. The van der Waals surface area contributed by atoms with Crippen molar-refractivity contribution in [1.29, 1.82) is 0 Å². The number of aromatic amines is 1. The molecule has 0 aliphatic carbocycles. The summed E-state index contributed by atoms with van der Waals surface area (Å²) in [7, 11) is 0. The zero-order valence-electron chi connectivity index (χ0n) is 12.7. The minimum absolute atomic E-state index is 0.195. The summed E-state index contributed by atoms with van der Waals surface area (Å²) in [6.45, 7) is 0.232. The maximum Gasteiger partial charge on any atom is 0.347 e. The first kappa shape index (κ1) is 15.7. The highest BCUT2D eigenvalue weighted by molar-refractivity contribution is 5.33. The topological polar surface area (TPSA) is 64.2 Å². The van der Waals surface area contributed by atoms with Gasteiger partial charge < -0.3 is 9.47 Å². The predicted octanol–water partition coefficient (Wildman–Crippen LogP) is 3.32.